The minimum atomic E-state index is -0.175. The topological polar surface area (TPSA) is 63.4 Å². The number of imide groups is 1. The predicted octanol–water partition coefficient (Wildman–Crippen LogP) is 0.604. The highest BCUT2D eigenvalue weighted by Crippen LogP contribution is 2.26. The average Bonchev–Trinajstić information content (AvgIpc) is 2.42. The van der Waals surface area contributed by atoms with Crippen molar-refractivity contribution in [3.8, 4) is 0 Å². The highest BCUT2D eigenvalue weighted by atomic mass is 32.2. The van der Waals surface area contributed by atoms with E-state index >= 15 is 0 Å². The van der Waals surface area contributed by atoms with E-state index in [-0.39, 0.29) is 23.1 Å². The zero-order valence-corrected chi connectivity index (χ0v) is 10.0. The minimum absolute atomic E-state index is 0.0230. The zero-order valence-electron chi connectivity index (χ0n) is 9.23. The van der Waals surface area contributed by atoms with E-state index in [1.807, 2.05) is 13.8 Å². The van der Waals surface area contributed by atoms with Crippen LogP contribution in [0.15, 0.2) is 0 Å². The van der Waals surface area contributed by atoms with Crippen LogP contribution in [0.25, 0.3) is 0 Å². The van der Waals surface area contributed by atoms with E-state index in [1.165, 1.54) is 4.90 Å². The number of carbonyl (C=O) groups is 2. The molecule has 0 spiro atoms. The smallest absolute Gasteiger partial charge is 0.243 e. The summed E-state index contributed by atoms with van der Waals surface area (Å²) in [6, 6.07) is -0.0230. The van der Waals surface area contributed by atoms with Crippen molar-refractivity contribution < 1.29 is 9.59 Å². The molecule has 0 bridgehead atoms. The molecule has 1 saturated heterocycles. The zero-order chi connectivity index (χ0) is 11.4. The quantitative estimate of drug-likeness (QED) is 0.555. The van der Waals surface area contributed by atoms with Gasteiger partial charge in [0.1, 0.15) is 0 Å². The number of thioether (sulfide) groups is 1. The van der Waals surface area contributed by atoms with E-state index in [9.17, 15) is 9.59 Å². The lowest BCUT2D eigenvalue weighted by Gasteiger charge is -2.18. The van der Waals surface area contributed by atoms with Crippen molar-refractivity contribution in [3.05, 3.63) is 0 Å². The summed E-state index contributed by atoms with van der Waals surface area (Å²) in [5.41, 5.74) is 5.38. The van der Waals surface area contributed by atoms with Gasteiger partial charge in [-0.3, -0.25) is 14.5 Å². The standard InChI is InChI=1S/C10H18N2O2S/c1-7(2)12-9(13)6-8(10(12)14)15-5-3-4-11/h7-8H,3-6,11H2,1-2H3. The summed E-state index contributed by atoms with van der Waals surface area (Å²) in [4.78, 5) is 24.7. The molecule has 0 aromatic carbocycles. The van der Waals surface area contributed by atoms with Crippen LogP contribution >= 0.6 is 11.8 Å². The maximum atomic E-state index is 11.8. The lowest BCUT2D eigenvalue weighted by atomic mass is 10.3. The normalized spacial score (nSPS) is 21.9. The van der Waals surface area contributed by atoms with Gasteiger partial charge < -0.3 is 5.73 Å². The van der Waals surface area contributed by atoms with Gasteiger partial charge in [-0.15, -0.1) is 11.8 Å². The van der Waals surface area contributed by atoms with Crippen molar-refractivity contribution in [3.63, 3.8) is 0 Å². The van der Waals surface area contributed by atoms with Crippen molar-refractivity contribution in [2.75, 3.05) is 12.3 Å². The Kier molecular flexibility index (Phi) is 4.60. The number of hydrogen-bond acceptors (Lipinski definition) is 4. The summed E-state index contributed by atoms with van der Waals surface area (Å²) in [7, 11) is 0. The van der Waals surface area contributed by atoms with Gasteiger partial charge in [-0.25, -0.2) is 0 Å². The van der Waals surface area contributed by atoms with Crippen LogP contribution in [0.4, 0.5) is 0 Å². The second-order valence-corrected chi connectivity index (χ2v) is 5.21. The minimum Gasteiger partial charge on any atom is -0.330 e. The molecule has 15 heavy (non-hydrogen) atoms. The molecule has 4 nitrogen and oxygen atoms in total. The van der Waals surface area contributed by atoms with Crippen LogP contribution in [-0.4, -0.2) is 40.3 Å². The molecule has 0 saturated carbocycles. The molecule has 0 radical (unpaired) electrons. The predicted molar refractivity (Wildman–Crippen MR) is 61.5 cm³/mol. The molecular weight excluding hydrogens is 212 g/mol. The van der Waals surface area contributed by atoms with Gasteiger partial charge in [0.05, 0.1) is 5.25 Å². The Labute approximate surface area is 94.6 Å². The van der Waals surface area contributed by atoms with Crippen molar-refractivity contribution in [1.82, 2.24) is 4.90 Å². The maximum absolute atomic E-state index is 11.8. The summed E-state index contributed by atoms with van der Waals surface area (Å²) in [6.07, 6.45) is 1.25. The molecule has 1 aliphatic heterocycles. The largest absolute Gasteiger partial charge is 0.330 e. The van der Waals surface area contributed by atoms with Gasteiger partial charge in [0.25, 0.3) is 0 Å². The van der Waals surface area contributed by atoms with Crippen LogP contribution in [0.3, 0.4) is 0 Å². The van der Waals surface area contributed by atoms with Gasteiger partial charge in [0, 0.05) is 12.5 Å². The molecule has 0 aliphatic carbocycles. The molecule has 86 valence electrons. The van der Waals surface area contributed by atoms with Crippen molar-refractivity contribution in [2.24, 2.45) is 5.73 Å². The van der Waals surface area contributed by atoms with E-state index in [4.69, 9.17) is 5.73 Å². The van der Waals surface area contributed by atoms with E-state index in [2.05, 4.69) is 0 Å². The van der Waals surface area contributed by atoms with Crippen molar-refractivity contribution >= 4 is 23.6 Å². The van der Waals surface area contributed by atoms with Gasteiger partial charge in [-0.2, -0.15) is 0 Å². The Morgan fingerprint density at radius 2 is 2.20 bits per heavy atom. The van der Waals surface area contributed by atoms with Crippen molar-refractivity contribution in [2.45, 2.75) is 38.0 Å². The molecule has 1 heterocycles. The summed E-state index contributed by atoms with van der Waals surface area (Å²) < 4.78 is 0. The third-order valence-electron chi connectivity index (χ3n) is 2.33. The third kappa shape index (κ3) is 2.95. The second kappa shape index (κ2) is 5.51. The highest BCUT2D eigenvalue weighted by molar-refractivity contribution is 8.00. The lowest BCUT2D eigenvalue weighted by Crippen LogP contribution is -2.37. The first-order chi connectivity index (χ1) is 7.07. The van der Waals surface area contributed by atoms with Crippen LogP contribution in [0, 0.1) is 0 Å². The molecule has 1 rings (SSSR count). The average molecular weight is 230 g/mol. The Morgan fingerprint density at radius 1 is 1.53 bits per heavy atom. The molecule has 2 N–H and O–H groups in total. The van der Waals surface area contributed by atoms with E-state index < -0.39 is 0 Å². The number of amides is 2. The maximum Gasteiger partial charge on any atom is 0.243 e. The summed E-state index contributed by atoms with van der Waals surface area (Å²) in [6.45, 7) is 4.36. The highest BCUT2D eigenvalue weighted by Gasteiger charge is 2.39. The Morgan fingerprint density at radius 3 is 2.67 bits per heavy atom. The fourth-order valence-electron chi connectivity index (χ4n) is 1.60. The van der Waals surface area contributed by atoms with Crippen LogP contribution < -0.4 is 5.73 Å². The Hall–Kier alpha value is -0.550. The number of hydrogen-bond donors (Lipinski definition) is 1. The van der Waals surface area contributed by atoms with Gasteiger partial charge in [0.2, 0.25) is 11.8 Å². The molecule has 5 heteroatoms. The van der Waals surface area contributed by atoms with E-state index in [0.717, 1.165) is 12.2 Å². The Bertz CT molecular complexity index is 256. The first kappa shape index (κ1) is 12.5. The third-order valence-corrected chi connectivity index (χ3v) is 3.62. The summed E-state index contributed by atoms with van der Waals surface area (Å²) >= 11 is 1.55. The fourth-order valence-corrected chi connectivity index (χ4v) is 2.74. The summed E-state index contributed by atoms with van der Waals surface area (Å²) in [5, 5.41) is -0.175. The number of likely N-dealkylation sites (tertiary alicyclic amines) is 1. The molecule has 1 fully saturated rings. The molecule has 0 aromatic rings. The molecule has 2 amide bonds. The van der Waals surface area contributed by atoms with Crippen LogP contribution in [0.5, 0.6) is 0 Å². The second-order valence-electron chi connectivity index (χ2n) is 3.90. The van der Waals surface area contributed by atoms with Crippen molar-refractivity contribution in [1.29, 1.82) is 0 Å². The molecule has 1 atom stereocenters. The number of carbonyl (C=O) groups excluding carboxylic acids is 2. The van der Waals surface area contributed by atoms with Gasteiger partial charge >= 0.3 is 0 Å². The van der Waals surface area contributed by atoms with Gasteiger partial charge in [-0.1, -0.05) is 0 Å². The number of rotatable bonds is 5. The molecule has 1 unspecified atom stereocenters. The first-order valence-electron chi connectivity index (χ1n) is 5.25. The number of nitrogens with two attached hydrogens (primary N) is 1. The fraction of sp³-hybridized carbons (Fsp3) is 0.800. The lowest BCUT2D eigenvalue weighted by molar-refractivity contribution is -0.140. The Balaban J connectivity index is 2.50. The van der Waals surface area contributed by atoms with E-state index in [0.29, 0.717) is 13.0 Å². The first-order valence-corrected chi connectivity index (χ1v) is 6.30. The van der Waals surface area contributed by atoms with Crippen LogP contribution in [0.2, 0.25) is 0 Å². The molecular formula is C10H18N2O2S. The number of nitrogens with zero attached hydrogens (tertiary/aromatic N) is 1. The van der Waals surface area contributed by atoms with E-state index in [1.54, 1.807) is 11.8 Å². The molecule has 1 aliphatic rings. The summed E-state index contributed by atoms with van der Waals surface area (Å²) in [5.74, 6) is 0.781. The molecule has 0 aromatic heterocycles. The SMILES string of the molecule is CC(C)N1C(=O)CC(SCCCN)C1=O. The van der Waals surface area contributed by atoms with Gasteiger partial charge in [0.15, 0.2) is 0 Å². The van der Waals surface area contributed by atoms with Crippen LogP contribution in [-0.2, 0) is 9.59 Å². The van der Waals surface area contributed by atoms with Gasteiger partial charge in [-0.05, 0) is 32.6 Å². The van der Waals surface area contributed by atoms with Crippen LogP contribution in [0.1, 0.15) is 26.7 Å². The monoisotopic (exact) mass is 230 g/mol.